The van der Waals surface area contributed by atoms with Gasteiger partial charge in [0.2, 0.25) is 0 Å². The fourth-order valence-corrected chi connectivity index (χ4v) is 2.58. The number of hydrogen-bond acceptors (Lipinski definition) is 3. The van der Waals surface area contributed by atoms with Crippen molar-refractivity contribution >= 4 is 66.9 Å². The van der Waals surface area contributed by atoms with Crippen LogP contribution in [0.15, 0.2) is 14.6 Å². The van der Waals surface area contributed by atoms with Crippen molar-refractivity contribution in [2.24, 2.45) is 4.76 Å². The molecule has 0 aliphatic heterocycles. The Hall–Kier alpha value is 0.810. The Morgan fingerprint density at radius 2 is 2.55 bits per heavy atom. The van der Waals surface area contributed by atoms with Crippen molar-refractivity contribution in [1.82, 2.24) is 0 Å². The second-order valence-corrected chi connectivity index (χ2v) is 6.05. The Morgan fingerprint density at radius 1 is 1.82 bits per heavy atom. The summed E-state index contributed by atoms with van der Waals surface area (Å²) >= 11 is 7.09. The average molecular weight is 363 g/mol. The van der Waals surface area contributed by atoms with Crippen LogP contribution in [-0.2, 0) is 0 Å². The van der Waals surface area contributed by atoms with Gasteiger partial charge >= 0.3 is 0 Å². The van der Waals surface area contributed by atoms with Crippen LogP contribution in [0.5, 0.6) is 0 Å². The zero-order valence-corrected chi connectivity index (χ0v) is 10.9. The Labute approximate surface area is 92.1 Å². The summed E-state index contributed by atoms with van der Waals surface area (Å²) in [6.45, 7) is 0. The first-order valence-corrected chi connectivity index (χ1v) is 8.34. The largest absolute Gasteiger partial charge is 0.390 e. The topological polar surface area (TPSA) is 38.4 Å². The number of thiophene rings is 1. The molecule has 6 heteroatoms. The lowest BCUT2D eigenvalue weighted by atomic mass is 10.3. The predicted octanol–water partition coefficient (Wildman–Crippen LogP) is 3.46. The zero-order chi connectivity index (χ0) is 8.27. The molecule has 2 N–H and O–H groups in total. The highest BCUT2D eigenvalue weighted by Gasteiger charge is 2.00. The van der Waals surface area contributed by atoms with Gasteiger partial charge in [-0.05, 0) is 44.0 Å². The fourth-order valence-electron chi connectivity index (χ4n) is 0.582. The molecule has 1 unspecified atom stereocenters. The Bertz CT molecular complexity index is 275. The zero-order valence-electron chi connectivity index (χ0n) is 5.34. The van der Waals surface area contributed by atoms with E-state index in [1.807, 2.05) is 12.3 Å². The molecule has 0 aliphatic rings. The van der Waals surface area contributed by atoms with Crippen molar-refractivity contribution < 1.29 is 0 Å². The van der Waals surface area contributed by atoms with Gasteiger partial charge in [0.05, 0.1) is 15.2 Å². The number of halogens is 2. The molecule has 0 bridgehead atoms. The van der Waals surface area contributed by atoms with E-state index in [9.17, 15) is 0 Å². The van der Waals surface area contributed by atoms with E-state index in [-0.39, 0.29) is 0 Å². The van der Waals surface area contributed by atoms with Crippen LogP contribution in [-0.4, -0.2) is 6.21 Å². The molecule has 60 valence electrons. The van der Waals surface area contributed by atoms with Gasteiger partial charge in [0.25, 0.3) is 0 Å². The molecule has 0 aliphatic carbocycles. The highest BCUT2D eigenvalue weighted by molar-refractivity contribution is 14.2. The monoisotopic (exact) mass is 362 g/mol. The van der Waals surface area contributed by atoms with Gasteiger partial charge in [-0.3, -0.25) is 4.76 Å². The molecule has 0 saturated heterocycles. The Balaban J connectivity index is 2.85. The second kappa shape index (κ2) is 4.74. The van der Waals surface area contributed by atoms with Gasteiger partial charge in [-0.2, -0.15) is 0 Å². The van der Waals surface area contributed by atoms with Crippen LogP contribution in [0.1, 0.15) is 5.56 Å². The minimum absolute atomic E-state index is 0.562. The molecule has 0 fully saturated rings. The van der Waals surface area contributed by atoms with E-state index in [1.54, 1.807) is 0 Å². The summed E-state index contributed by atoms with van der Waals surface area (Å²) < 4.78 is 5.16. The molecule has 11 heavy (non-hydrogen) atoms. The van der Waals surface area contributed by atoms with E-state index < -0.39 is 0 Å². The minimum atomic E-state index is 0.562. The van der Waals surface area contributed by atoms with Gasteiger partial charge in [0, 0.05) is 11.8 Å². The summed E-state index contributed by atoms with van der Waals surface area (Å²) in [5.41, 5.74) is 6.69. The number of anilines is 1. The lowest BCUT2D eigenvalue weighted by Gasteiger charge is -1.85. The standard InChI is InChI=1S/C5H5BrIN2PS/c6-4-1-3(2-9-10-7)5(8)11-4/h1-2,10H,8H2/b9-2+. The fraction of sp³-hybridized carbons (Fsp3) is 0. The quantitative estimate of drug-likeness (QED) is 0.488. The highest BCUT2D eigenvalue weighted by Crippen LogP contribution is 2.29. The number of nitrogens with zero attached hydrogens (tertiary/aromatic N) is 1. The molecule has 0 spiro atoms. The molecule has 1 aromatic rings. The van der Waals surface area contributed by atoms with E-state index in [1.165, 1.54) is 11.3 Å². The molecule has 1 rings (SSSR count). The van der Waals surface area contributed by atoms with Gasteiger partial charge in [-0.25, -0.2) is 0 Å². The van der Waals surface area contributed by atoms with Gasteiger partial charge < -0.3 is 5.73 Å². The maximum absolute atomic E-state index is 5.68. The summed E-state index contributed by atoms with van der Waals surface area (Å²) in [6.07, 6.45) is 2.37. The molecule has 0 saturated carbocycles. The third kappa shape index (κ3) is 2.97. The first-order valence-electron chi connectivity index (χ1n) is 2.67. The third-order valence-electron chi connectivity index (χ3n) is 1.01. The van der Waals surface area contributed by atoms with Crippen LogP contribution in [0.2, 0.25) is 0 Å². The number of nitrogen functional groups attached to an aromatic ring is 1. The van der Waals surface area contributed by atoms with Gasteiger partial charge in [0.1, 0.15) is 0 Å². The highest BCUT2D eigenvalue weighted by atomic mass is 127. The van der Waals surface area contributed by atoms with E-state index in [0.717, 1.165) is 14.4 Å². The summed E-state index contributed by atoms with van der Waals surface area (Å²) in [6, 6.07) is 1.97. The molecular formula is C5H5BrIN2PS. The van der Waals surface area contributed by atoms with Crippen molar-refractivity contribution in [3.63, 3.8) is 0 Å². The lowest BCUT2D eigenvalue weighted by molar-refractivity contribution is 1.81. The van der Waals surface area contributed by atoms with E-state index >= 15 is 0 Å². The summed E-state index contributed by atoms with van der Waals surface area (Å²) in [5.74, 6) is 0. The van der Waals surface area contributed by atoms with Gasteiger partial charge in [0.15, 0.2) is 0 Å². The summed E-state index contributed by atoms with van der Waals surface area (Å²) in [7, 11) is 0. The smallest absolute Gasteiger partial charge is 0.0957 e. The van der Waals surface area contributed by atoms with Gasteiger partial charge in [-0.1, -0.05) is 0 Å². The number of hydrogen-bond donors (Lipinski definition) is 1. The van der Waals surface area contributed by atoms with Crippen LogP contribution < -0.4 is 5.73 Å². The van der Waals surface area contributed by atoms with Gasteiger partial charge in [-0.15, -0.1) is 11.3 Å². The molecule has 0 amide bonds. The first-order chi connectivity index (χ1) is 5.24. The minimum Gasteiger partial charge on any atom is -0.390 e. The average Bonchev–Trinajstić information content (AvgIpc) is 2.26. The third-order valence-corrected chi connectivity index (χ3v) is 3.56. The summed E-state index contributed by atoms with van der Waals surface area (Å²) in [5, 5.41) is 0.815. The van der Waals surface area contributed by atoms with Crippen LogP contribution in [0.25, 0.3) is 0 Å². The lowest BCUT2D eigenvalue weighted by Crippen LogP contribution is -1.84. The first kappa shape index (κ1) is 9.89. The van der Waals surface area contributed by atoms with Crippen LogP contribution >= 0.6 is 55.7 Å². The van der Waals surface area contributed by atoms with E-state index in [4.69, 9.17) is 5.73 Å². The van der Waals surface area contributed by atoms with Crippen molar-refractivity contribution in [2.75, 3.05) is 5.73 Å². The van der Waals surface area contributed by atoms with E-state index in [0.29, 0.717) is 6.37 Å². The SMILES string of the molecule is Nc1sc(Br)cc1/C=N/PI. The number of nitrogens with two attached hydrogens (primary N) is 1. The maximum Gasteiger partial charge on any atom is 0.0957 e. The summed E-state index contributed by atoms with van der Waals surface area (Å²) in [4.78, 5) is 0. The molecule has 0 radical (unpaired) electrons. The molecular weight excluding hydrogens is 358 g/mol. The molecule has 1 atom stereocenters. The molecule has 0 aromatic carbocycles. The molecule has 2 nitrogen and oxygen atoms in total. The Morgan fingerprint density at radius 3 is 3.00 bits per heavy atom. The second-order valence-electron chi connectivity index (χ2n) is 1.71. The normalized spacial score (nSPS) is 12.2. The molecule has 1 heterocycles. The molecule has 1 aromatic heterocycles. The van der Waals surface area contributed by atoms with E-state index in [2.05, 4.69) is 42.7 Å². The predicted molar refractivity (Wildman–Crippen MR) is 66.4 cm³/mol. The van der Waals surface area contributed by atoms with Crippen molar-refractivity contribution in [3.8, 4) is 0 Å². The Kier molecular flexibility index (Phi) is 4.27. The number of rotatable bonds is 2. The van der Waals surface area contributed by atoms with Crippen molar-refractivity contribution in [1.29, 1.82) is 0 Å². The van der Waals surface area contributed by atoms with Crippen LogP contribution in [0.4, 0.5) is 5.00 Å². The van der Waals surface area contributed by atoms with Crippen molar-refractivity contribution in [2.45, 2.75) is 0 Å². The van der Waals surface area contributed by atoms with Crippen LogP contribution in [0.3, 0.4) is 0 Å². The van der Waals surface area contributed by atoms with Crippen LogP contribution in [0, 0.1) is 0 Å². The van der Waals surface area contributed by atoms with Crippen molar-refractivity contribution in [3.05, 3.63) is 15.4 Å². The maximum atomic E-state index is 5.68.